The Kier molecular flexibility index (Phi) is 3.82. The van der Waals surface area contributed by atoms with E-state index >= 15 is 0 Å². The van der Waals surface area contributed by atoms with Crippen LogP contribution in [-0.2, 0) is 5.60 Å². The lowest BCUT2D eigenvalue weighted by Gasteiger charge is -2.29. The summed E-state index contributed by atoms with van der Waals surface area (Å²) in [6.45, 7) is 2.79. The molecule has 2 N–H and O–H groups in total. The number of benzene rings is 2. The van der Waals surface area contributed by atoms with E-state index in [9.17, 15) is 5.11 Å². The molecule has 4 nitrogen and oxygen atoms in total. The van der Waals surface area contributed by atoms with Crippen molar-refractivity contribution in [3.63, 3.8) is 0 Å². The summed E-state index contributed by atoms with van der Waals surface area (Å²) in [4.78, 5) is 4.95. The van der Waals surface area contributed by atoms with Crippen molar-refractivity contribution in [3.05, 3.63) is 57.1 Å². The third kappa shape index (κ3) is 2.59. The van der Waals surface area contributed by atoms with E-state index in [0.717, 1.165) is 65.9 Å². The van der Waals surface area contributed by atoms with Gasteiger partial charge in [-0.05, 0) is 73.8 Å². The molecule has 2 heterocycles. The van der Waals surface area contributed by atoms with Crippen molar-refractivity contribution >= 4 is 40.2 Å². The normalized spacial score (nSPS) is 21.4. The Labute approximate surface area is 179 Å². The molecule has 0 amide bonds. The van der Waals surface area contributed by atoms with Crippen LogP contribution in [0.2, 0.25) is 10.0 Å². The van der Waals surface area contributed by atoms with Gasteiger partial charge in [0.15, 0.2) is 0 Å². The number of hydrogen-bond acceptors (Lipinski definition) is 3. The molecule has 0 radical (unpaired) electrons. The van der Waals surface area contributed by atoms with Crippen molar-refractivity contribution in [2.75, 3.05) is 11.9 Å². The second kappa shape index (κ2) is 6.13. The average Bonchev–Trinajstić information content (AvgIpc) is 3.59. The fourth-order valence-electron chi connectivity index (χ4n) is 5.35. The Morgan fingerprint density at radius 2 is 1.86 bits per heavy atom. The summed E-state index contributed by atoms with van der Waals surface area (Å²) < 4.78 is 2.24. The maximum absolute atomic E-state index is 11.7. The van der Waals surface area contributed by atoms with E-state index in [4.69, 9.17) is 28.2 Å². The first-order chi connectivity index (χ1) is 14.0. The quantitative estimate of drug-likeness (QED) is 0.563. The molecule has 0 saturated heterocycles. The van der Waals surface area contributed by atoms with Gasteiger partial charge in [0, 0.05) is 22.2 Å². The lowest BCUT2D eigenvalue weighted by molar-refractivity contribution is -0.00891. The molecule has 1 atom stereocenters. The van der Waals surface area contributed by atoms with Crippen LogP contribution in [0.15, 0.2) is 30.3 Å². The van der Waals surface area contributed by atoms with Crippen molar-refractivity contribution in [2.45, 2.75) is 44.2 Å². The zero-order valence-electron chi connectivity index (χ0n) is 16.3. The minimum atomic E-state index is -0.738. The molecule has 2 fully saturated rings. The maximum atomic E-state index is 11.7. The lowest BCUT2D eigenvalue weighted by Crippen LogP contribution is -2.31. The highest BCUT2D eigenvalue weighted by atomic mass is 35.5. The van der Waals surface area contributed by atoms with E-state index in [-0.39, 0.29) is 6.04 Å². The largest absolute Gasteiger partial charge is 0.385 e. The van der Waals surface area contributed by atoms with Gasteiger partial charge in [0.25, 0.3) is 0 Å². The number of aliphatic hydroxyl groups is 1. The van der Waals surface area contributed by atoms with Crippen molar-refractivity contribution in [3.8, 4) is 0 Å². The van der Waals surface area contributed by atoms with E-state index in [1.807, 2.05) is 12.1 Å². The SMILES string of the molecule is Cc1cc(Cl)cc(Cl)c1C1CNc2nc3c(C(O)(C4CC4)C4CC4)cccc3n21. The predicted molar refractivity (Wildman–Crippen MR) is 117 cm³/mol. The van der Waals surface area contributed by atoms with Gasteiger partial charge in [0.05, 0.1) is 22.7 Å². The first kappa shape index (κ1) is 18.1. The van der Waals surface area contributed by atoms with Gasteiger partial charge >= 0.3 is 0 Å². The van der Waals surface area contributed by atoms with Gasteiger partial charge in [0.1, 0.15) is 0 Å². The van der Waals surface area contributed by atoms with E-state index in [1.54, 1.807) is 0 Å². The van der Waals surface area contributed by atoms with Crippen molar-refractivity contribution in [2.24, 2.45) is 11.8 Å². The Morgan fingerprint density at radius 3 is 2.52 bits per heavy atom. The van der Waals surface area contributed by atoms with E-state index in [2.05, 4.69) is 35.0 Å². The molecule has 2 aliphatic carbocycles. The number of nitrogens with zero attached hydrogens (tertiary/aromatic N) is 2. The molecule has 6 rings (SSSR count). The van der Waals surface area contributed by atoms with Crippen molar-refractivity contribution in [1.82, 2.24) is 9.55 Å². The number of aryl methyl sites for hydroxylation is 1. The van der Waals surface area contributed by atoms with Crippen LogP contribution < -0.4 is 5.32 Å². The summed E-state index contributed by atoms with van der Waals surface area (Å²) in [5, 5.41) is 16.5. The monoisotopic (exact) mass is 427 g/mol. The Hall–Kier alpha value is -1.75. The van der Waals surface area contributed by atoms with Crippen LogP contribution >= 0.6 is 23.2 Å². The fourth-order valence-corrected chi connectivity index (χ4v) is 6.07. The number of anilines is 1. The minimum absolute atomic E-state index is 0.0463. The minimum Gasteiger partial charge on any atom is -0.385 e. The molecule has 1 unspecified atom stereocenters. The molecule has 3 aliphatic rings. The molecule has 0 spiro atoms. The second-order valence-corrected chi connectivity index (χ2v) is 9.71. The number of imidazole rings is 1. The third-order valence-electron chi connectivity index (χ3n) is 6.95. The highest BCUT2D eigenvalue weighted by Crippen LogP contribution is 2.58. The molecule has 150 valence electrons. The molecule has 3 aromatic rings. The summed E-state index contributed by atoms with van der Waals surface area (Å²) in [6, 6.07) is 10.1. The zero-order valence-corrected chi connectivity index (χ0v) is 17.8. The van der Waals surface area contributed by atoms with Crippen molar-refractivity contribution in [1.29, 1.82) is 0 Å². The van der Waals surface area contributed by atoms with Crippen LogP contribution in [0.25, 0.3) is 11.0 Å². The molecule has 1 aliphatic heterocycles. The third-order valence-corrected chi connectivity index (χ3v) is 7.48. The summed E-state index contributed by atoms with van der Waals surface area (Å²) in [5.74, 6) is 1.58. The molecule has 1 aromatic heterocycles. The average molecular weight is 428 g/mol. The molecular weight excluding hydrogens is 405 g/mol. The Bertz CT molecular complexity index is 1110. The van der Waals surface area contributed by atoms with Gasteiger partial charge in [-0.2, -0.15) is 0 Å². The summed E-state index contributed by atoms with van der Waals surface area (Å²) in [7, 11) is 0. The standard InChI is InChI=1S/C23H23Cl2N3O/c1-12-9-15(24)10-17(25)20(12)19-11-26-22-27-21-16(3-2-4-18(21)28(19)22)23(29,13-5-6-13)14-7-8-14/h2-4,9-10,13-14,19,29H,5-8,11H2,1H3,(H,26,27). The highest BCUT2D eigenvalue weighted by Gasteiger charge is 2.55. The highest BCUT2D eigenvalue weighted by molar-refractivity contribution is 6.35. The molecule has 2 saturated carbocycles. The molecule has 6 heteroatoms. The Morgan fingerprint density at radius 1 is 1.14 bits per heavy atom. The van der Waals surface area contributed by atoms with Crippen LogP contribution in [0.1, 0.15) is 48.4 Å². The smallest absolute Gasteiger partial charge is 0.204 e. The van der Waals surface area contributed by atoms with Crippen LogP contribution in [-0.4, -0.2) is 21.2 Å². The van der Waals surface area contributed by atoms with Gasteiger partial charge in [0.2, 0.25) is 5.95 Å². The van der Waals surface area contributed by atoms with Gasteiger partial charge in [-0.25, -0.2) is 4.98 Å². The van der Waals surface area contributed by atoms with Gasteiger partial charge in [-0.15, -0.1) is 0 Å². The number of para-hydroxylation sites is 1. The summed E-state index contributed by atoms with van der Waals surface area (Å²) in [6.07, 6.45) is 4.43. The molecular formula is C23H23Cl2N3O. The lowest BCUT2D eigenvalue weighted by atomic mass is 9.83. The summed E-state index contributed by atoms with van der Waals surface area (Å²) in [5.41, 5.74) is 4.39. The van der Waals surface area contributed by atoms with Crippen LogP contribution in [0.5, 0.6) is 0 Å². The van der Waals surface area contributed by atoms with E-state index in [1.165, 1.54) is 0 Å². The van der Waals surface area contributed by atoms with Gasteiger partial charge in [-0.1, -0.05) is 35.3 Å². The molecule has 2 aromatic carbocycles. The Balaban J connectivity index is 1.54. The number of aromatic nitrogens is 2. The first-order valence-electron chi connectivity index (χ1n) is 10.4. The van der Waals surface area contributed by atoms with E-state index in [0.29, 0.717) is 21.9 Å². The maximum Gasteiger partial charge on any atom is 0.204 e. The van der Waals surface area contributed by atoms with Gasteiger partial charge < -0.3 is 15.0 Å². The fraction of sp³-hybridized carbons (Fsp3) is 0.435. The number of hydrogen-bond donors (Lipinski definition) is 2. The van der Waals surface area contributed by atoms with Crippen LogP contribution in [0.4, 0.5) is 5.95 Å². The second-order valence-electron chi connectivity index (χ2n) is 8.87. The number of fused-ring (bicyclic) bond motifs is 3. The van der Waals surface area contributed by atoms with E-state index < -0.39 is 5.60 Å². The summed E-state index contributed by atoms with van der Waals surface area (Å²) >= 11 is 12.8. The molecule has 29 heavy (non-hydrogen) atoms. The van der Waals surface area contributed by atoms with Crippen LogP contribution in [0, 0.1) is 18.8 Å². The number of halogens is 2. The predicted octanol–water partition coefficient (Wildman–Crippen LogP) is 5.67. The first-order valence-corrected chi connectivity index (χ1v) is 11.2. The van der Waals surface area contributed by atoms with Gasteiger partial charge in [-0.3, -0.25) is 0 Å². The van der Waals surface area contributed by atoms with Crippen molar-refractivity contribution < 1.29 is 5.11 Å². The molecule has 0 bridgehead atoms. The topological polar surface area (TPSA) is 50.1 Å². The van der Waals surface area contributed by atoms with Crippen LogP contribution in [0.3, 0.4) is 0 Å². The number of rotatable bonds is 4. The zero-order chi connectivity index (χ0) is 19.9. The number of nitrogens with one attached hydrogen (secondary N) is 1.